The number of carboxylic acid groups (broad SMARTS) is 2. The fraction of sp³-hybridized carbons (Fsp3) is 0.632. The number of rotatable bonds is 3. The first-order valence-corrected chi connectivity index (χ1v) is 9.44. The molecule has 6 unspecified atom stereocenters. The van der Waals surface area contributed by atoms with Gasteiger partial charge in [-0.1, -0.05) is 11.6 Å². The van der Waals surface area contributed by atoms with Gasteiger partial charge in [0.1, 0.15) is 0 Å². The summed E-state index contributed by atoms with van der Waals surface area (Å²) in [4.78, 5) is 38.3. The van der Waals surface area contributed by atoms with Gasteiger partial charge in [0.25, 0.3) is 0 Å². The molecule has 1 aliphatic carbocycles. The number of nitrogens with one attached hydrogen (secondary N) is 1. The minimum absolute atomic E-state index is 0.0236. The second kappa shape index (κ2) is 5.65. The quantitative estimate of drug-likeness (QED) is 0.470. The zero-order valence-corrected chi connectivity index (χ0v) is 14.8. The summed E-state index contributed by atoms with van der Waals surface area (Å²) in [5.41, 5.74) is 0.317. The van der Waals surface area contributed by atoms with E-state index in [0.717, 1.165) is 19.0 Å². The van der Waals surface area contributed by atoms with Crippen molar-refractivity contribution < 1.29 is 29.3 Å². The van der Waals surface area contributed by atoms with E-state index in [-0.39, 0.29) is 41.9 Å². The highest BCUT2D eigenvalue weighted by Gasteiger charge is 2.67. The lowest BCUT2D eigenvalue weighted by molar-refractivity contribution is -0.147. The maximum absolute atomic E-state index is 12.5. The molecule has 27 heavy (non-hydrogen) atoms. The molecule has 4 heterocycles. The zero-order valence-electron chi connectivity index (χ0n) is 14.8. The van der Waals surface area contributed by atoms with Gasteiger partial charge in [0.2, 0.25) is 5.91 Å². The predicted molar refractivity (Wildman–Crippen MR) is 91.7 cm³/mol. The molecule has 1 saturated carbocycles. The van der Waals surface area contributed by atoms with Crippen LogP contribution in [0.2, 0.25) is 0 Å². The molecule has 4 fully saturated rings. The number of piperidine rings is 2. The highest BCUT2D eigenvalue weighted by atomic mass is 16.5. The first-order valence-electron chi connectivity index (χ1n) is 9.44. The fourth-order valence-electron chi connectivity index (χ4n) is 6.53. The smallest absolute Gasteiger partial charge is 0.332 e. The second-order valence-corrected chi connectivity index (χ2v) is 8.30. The van der Waals surface area contributed by atoms with Gasteiger partial charge in [-0.05, 0) is 25.3 Å². The molecule has 4 aliphatic heterocycles. The van der Waals surface area contributed by atoms with E-state index in [1.165, 1.54) is 5.57 Å². The third-order valence-corrected chi connectivity index (χ3v) is 7.38. The Morgan fingerprint density at radius 3 is 2.93 bits per heavy atom. The molecule has 8 nitrogen and oxygen atoms in total. The molecule has 8 heteroatoms. The van der Waals surface area contributed by atoms with Gasteiger partial charge < -0.3 is 20.3 Å². The van der Waals surface area contributed by atoms with Crippen LogP contribution in [0.5, 0.6) is 0 Å². The molecule has 0 aromatic heterocycles. The van der Waals surface area contributed by atoms with Crippen molar-refractivity contribution in [2.24, 2.45) is 17.3 Å². The highest BCUT2D eigenvalue weighted by molar-refractivity contribution is 5.96. The summed E-state index contributed by atoms with van der Waals surface area (Å²) in [6.07, 6.45) is 4.29. The van der Waals surface area contributed by atoms with Gasteiger partial charge in [0, 0.05) is 36.0 Å². The summed E-state index contributed by atoms with van der Waals surface area (Å²) in [6.45, 7) is 1.93. The molecule has 1 amide bonds. The van der Waals surface area contributed by atoms with Crippen LogP contribution < -0.4 is 5.32 Å². The standard InChI is InChI=1S/C19H22N2O6/c22-14-7-12-16-10-5-13-19(17(16)20-14,11(18(25)26)6-15(23)24)2-3-21(13)8-9(10)1-4-27-12/h1,6,10,12-13,16-17H,2-5,7-8H2,(H,20,22)(H,23,24)(H,25,26). The minimum Gasteiger partial charge on any atom is -0.478 e. The van der Waals surface area contributed by atoms with Gasteiger partial charge >= 0.3 is 11.9 Å². The second-order valence-electron chi connectivity index (χ2n) is 8.30. The van der Waals surface area contributed by atoms with E-state index >= 15 is 0 Å². The Labute approximate surface area is 155 Å². The fourth-order valence-corrected chi connectivity index (χ4v) is 6.53. The first-order chi connectivity index (χ1) is 12.9. The lowest BCUT2D eigenvalue weighted by Gasteiger charge is -2.59. The lowest BCUT2D eigenvalue weighted by Crippen LogP contribution is -2.70. The number of hydrogen-bond donors (Lipinski definition) is 3. The molecule has 0 spiro atoms. The Bertz CT molecular complexity index is 804. The van der Waals surface area contributed by atoms with Crippen molar-refractivity contribution in [1.82, 2.24) is 10.2 Å². The summed E-state index contributed by atoms with van der Waals surface area (Å²) in [5.74, 6) is -2.41. The van der Waals surface area contributed by atoms with Crippen molar-refractivity contribution in [3.63, 3.8) is 0 Å². The normalized spacial score (nSPS) is 42.8. The third-order valence-electron chi connectivity index (χ3n) is 7.38. The molecular formula is C19H22N2O6. The number of carbonyl (C=O) groups is 3. The van der Waals surface area contributed by atoms with Gasteiger partial charge in [0.15, 0.2) is 0 Å². The number of amides is 1. The molecular weight excluding hydrogens is 352 g/mol. The van der Waals surface area contributed by atoms with E-state index in [9.17, 15) is 24.6 Å². The Balaban J connectivity index is 1.72. The third kappa shape index (κ3) is 2.20. The first kappa shape index (κ1) is 16.9. The Morgan fingerprint density at radius 1 is 1.37 bits per heavy atom. The van der Waals surface area contributed by atoms with Crippen molar-refractivity contribution in [1.29, 1.82) is 0 Å². The number of fused-ring (bicyclic) bond motifs is 1. The molecule has 6 atom stereocenters. The molecule has 3 N–H and O–H groups in total. The van der Waals surface area contributed by atoms with Crippen LogP contribution in [0.1, 0.15) is 19.3 Å². The van der Waals surface area contributed by atoms with E-state index in [1.807, 2.05) is 0 Å². The van der Waals surface area contributed by atoms with E-state index in [1.54, 1.807) is 0 Å². The average molecular weight is 374 g/mol. The predicted octanol–water partition coefficient (Wildman–Crippen LogP) is 0.00610. The maximum atomic E-state index is 12.5. The van der Waals surface area contributed by atoms with Crippen LogP contribution in [0.4, 0.5) is 0 Å². The van der Waals surface area contributed by atoms with Crippen LogP contribution in [0.3, 0.4) is 0 Å². The van der Waals surface area contributed by atoms with Gasteiger partial charge in [-0.2, -0.15) is 0 Å². The van der Waals surface area contributed by atoms with Gasteiger partial charge in [0.05, 0.1) is 24.7 Å². The zero-order chi connectivity index (χ0) is 18.9. The van der Waals surface area contributed by atoms with E-state index in [2.05, 4.69) is 16.3 Å². The summed E-state index contributed by atoms with van der Waals surface area (Å²) >= 11 is 0. The molecule has 0 radical (unpaired) electrons. The van der Waals surface area contributed by atoms with Gasteiger partial charge in [-0.15, -0.1) is 0 Å². The number of carboxylic acids is 2. The Morgan fingerprint density at radius 2 is 2.19 bits per heavy atom. The number of carbonyl (C=O) groups excluding carboxylic acids is 1. The molecule has 3 saturated heterocycles. The Kier molecular flexibility index (Phi) is 3.55. The van der Waals surface area contributed by atoms with Crippen LogP contribution in [-0.2, 0) is 19.1 Å². The lowest BCUT2D eigenvalue weighted by atomic mass is 9.52. The highest BCUT2D eigenvalue weighted by Crippen LogP contribution is 2.60. The average Bonchev–Trinajstić information content (AvgIpc) is 2.90. The SMILES string of the molecule is O=C(O)C=C(C(=O)O)C12CCN3CC4=CCOC5CC(=O)NC1C5C4CC32. The van der Waals surface area contributed by atoms with Crippen LogP contribution >= 0.6 is 0 Å². The van der Waals surface area contributed by atoms with E-state index in [4.69, 9.17) is 4.74 Å². The van der Waals surface area contributed by atoms with Crippen LogP contribution in [0.15, 0.2) is 23.3 Å². The number of hydrogen-bond acceptors (Lipinski definition) is 5. The van der Waals surface area contributed by atoms with Crippen LogP contribution in [0, 0.1) is 17.3 Å². The van der Waals surface area contributed by atoms with E-state index in [0.29, 0.717) is 19.6 Å². The van der Waals surface area contributed by atoms with E-state index < -0.39 is 23.4 Å². The molecule has 0 aromatic rings. The number of ether oxygens (including phenoxy) is 1. The molecule has 5 rings (SSSR count). The van der Waals surface area contributed by atoms with Gasteiger partial charge in [-0.3, -0.25) is 9.69 Å². The van der Waals surface area contributed by atoms with Crippen LogP contribution in [-0.4, -0.2) is 70.8 Å². The molecule has 144 valence electrons. The van der Waals surface area contributed by atoms with Gasteiger partial charge in [-0.25, -0.2) is 9.59 Å². The monoisotopic (exact) mass is 374 g/mol. The summed E-state index contributed by atoms with van der Waals surface area (Å²) in [5, 5.41) is 22.3. The van der Waals surface area contributed by atoms with Crippen molar-refractivity contribution >= 4 is 17.8 Å². The topological polar surface area (TPSA) is 116 Å². The van der Waals surface area contributed by atoms with Crippen molar-refractivity contribution in [2.75, 3.05) is 19.7 Å². The Hall–Kier alpha value is -2.19. The molecule has 0 aromatic carbocycles. The largest absolute Gasteiger partial charge is 0.478 e. The number of aliphatic carboxylic acids is 2. The molecule has 2 bridgehead atoms. The summed E-state index contributed by atoms with van der Waals surface area (Å²) in [7, 11) is 0. The van der Waals surface area contributed by atoms with Crippen LogP contribution in [0.25, 0.3) is 0 Å². The van der Waals surface area contributed by atoms with Crippen molar-refractivity contribution in [3.8, 4) is 0 Å². The number of nitrogens with zero attached hydrogens (tertiary/aromatic N) is 1. The summed E-state index contributed by atoms with van der Waals surface area (Å²) < 4.78 is 6.00. The minimum atomic E-state index is -1.27. The van der Waals surface area contributed by atoms with Crippen molar-refractivity contribution in [2.45, 2.75) is 37.5 Å². The van der Waals surface area contributed by atoms with Crippen molar-refractivity contribution in [3.05, 3.63) is 23.3 Å². The summed E-state index contributed by atoms with van der Waals surface area (Å²) in [6, 6.07) is -0.513. The molecule has 5 aliphatic rings. The maximum Gasteiger partial charge on any atom is 0.332 e.